The van der Waals surface area contributed by atoms with Crippen LogP contribution in [0.5, 0.6) is 0 Å². The van der Waals surface area contributed by atoms with Crippen LogP contribution in [0.2, 0.25) is 0 Å². The minimum atomic E-state index is -0.180. The van der Waals surface area contributed by atoms with Crippen molar-refractivity contribution >= 4 is 11.5 Å². The van der Waals surface area contributed by atoms with Gasteiger partial charge in [0.1, 0.15) is 12.4 Å². The van der Waals surface area contributed by atoms with Crippen molar-refractivity contribution in [2.24, 2.45) is 11.1 Å². The zero-order valence-corrected chi connectivity index (χ0v) is 15.0. The fourth-order valence-electron chi connectivity index (χ4n) is 3.20. The van der Waals surface area contributed by atoms with Gasteiger partial charge in [-0.3, -0.25) is 4.79 Å². The number of carbonyl (C=O) groups excluding carboxylic acids is 1. The molecule has 2 aliphatic rings. The average Bonchev–Trinajstić information content (AvgIpc) is 2.60. The van der Waals surface area contributed by atoms with Gasteiger partial charge in [0.25, 0.3) is 0 Å². The highest BCUT2D eigenvalue weighted by atomic mass is 16.7. The van der Waals surface area contributed by atoms with Gasteiger partial charge in [-0.05, 0) is 31.6 Å². The highest BCUT2D eigenvalue weighted by molar-refractivity contribution is 6.23. The second kappa shape index (κ2) is 10.4. The van der Waals surface area contributed by atoms with E-state index in [1.54, 1.807) is 6.08 Å². The number of nitrogens with zero attached hydrogens (tertiary/aromatic N) is 1. The van der Waals surface area contributed by atoms with Crippen molar-refractivity contribution in [2.45, 2.75) is 58.2 Å². The highest BCUT2D eigenvalue weighted by Crippen LogP contribution is 2.31. The molecule has 0 amide bonds. The Bertz CT molecular complexity index is 520. The maximum absolute atomic E-state index is 12.6. The third-order valence-electron chi connectivity index (χ3n) is 4.37. The molecule has 0 aromatic heterocycles. The lowest BCUT2D eigenvalue weighted by molar-refractivity contribution is -0.182. The van der Waals surface area contributed by atoms with Crippen LogP contribution in [-0.2, 0) is 19.1 Å². The largest absolute Gasteiger partial charge is 0.511 e. The number of hydrogen-bond acceptors (Lipinski definition) is 6. The summed E-state index contributed by atoms with van der Waals surface area (Å²) in [5.41, 5.74) is 0.872. The SMILES string of the molecule is C=CCON=C(CCC)C1=C(O)CC(CCC2OCCCO2)CC1=O. The van der Waals surface area contributed by atoms with E-state index in [-0.39, 0.29) is 30.4 Å². The Balaban J connectivity index is 1.98. The van der Waals surface area contributed by atoms with Gasteiger partial charge in [-0.15, -0.1) is 0 Å². The maximum atomic E-state index is 12.6. The van der Waals surface area contributed by atoms with Crippen molar-refractivity contribution in [2.75, 3.05) is 19.8 Å². The molecule has 6 heteroatoms. The molecule has 6 nitrogen and oxygen atoms in total. The number of aliphatic hydroxyl groups is 1. The first-order valence-electron chi connectivity index (χ1n) is 9.14. The van der Waals surface area contributed by atoms with E-state index in [0.29, 0.717) is 30.5 Å². The molecular weight excluding hydrogens is 322 g/mol. The second-order valence-corrected chi connectivity index (χ2v) is 6.49. The molecule has 1 atom stereocenters. The van der Waals surface area contributed by atoms with Crippen LogP contribution in [0, 0.1) is 5.92 Å². The molecule has 1 heterocycles. The van der Waals surface area contributed by atoms with E-state index in [1.165, 1.54) is 0 Å². The number of ketones is 1. The van der Waals surface area contributed by atoms with E-state index in [9.17, 15) is 9.90 Å². The second-order valence-electron chi connectivity index (χ2n) is 6.49. The summed E-state index contributed by atoms with van der Waals surface area (Å²) in [6.07, 6.45) is 6.19. The van der Waals surface area contributed by atoms with Gasteiger partial charge in [-0.2, -0.15) is 0 Å². The van der Waals surface area contributed by atoms with Gasteiger partial charge in [0.05, 0.1) is 24.5 Å². The lowest BCUT2D eigenvalue weighted by Crippen LogP contribution is -2.28. The Kier molecular flexibility index (Phi) is 8.15. The van der Waals surface area contributed by atoms with Gasteiger partial charge in [0.2, 0.25) is 0 Å². The number of aliphatic hydroxyl groups excluding tert-OH is 1. The summed E-state index contributed by atoms with van der Waals surface area (Å²) < 4.78 is 11.1. The van der Waals surface area contributed by atoms with Gasteiger partial charge in [-0.25, -0.2) is 0 Å². The van der Waals surface area contributed by atoms with Crippen molar-refractivity contribution < 1.29 is 24.2 Å². The molecule has 25 heavy (non-hydrogen) atoms. The van der Waals surface area contributed by atoms with Crippen molar-refractivity contribution in [3.63, 3.8) is 0 Å². The van der Waals surface area contributed by atoms with Crippen LogP contribution in [0.1, 0.15) is 51.9 Å². The van der Waals surface area contributed by atoms with Crippen LogP contribution in [-0.4, -0.2) is 42.7 Å². The summed E-state index contributed by atoms with van der Waals surface area (Å²) in [4.78, 5) is 17.7. The third kappa shape index (κ3) is 5.97. The number of allylic oxidation sites excluding steroid dienone is 2. The first kappa shape index (κ1) is 19.7. The molecular formula is C19H29NO5. The van der Waals surface area contributed by atoms with Crippen molar-refractivity contribution in [3.05, 3.63) is 24.0 Å². The Morgan fingerprint density at radius 1 is 1.36 bits per heavy atom. The van der Waals surface area contributed by atoms with Gasteiger partial charge in [0, 0.05) is 12.8 Å². The Morgan fingerprint density at radius 2 is 2.12 bits per heavy atom. The van der Waals surface area contributed by atoms with E-state index in [1.807, 2.05) is 6.92 Å². The van der Waals surface area contributed by atoms with Gasteiger partial charge in [-0.1, -0.05) is 31.2 Å². The van der Waals surface area contributed by atoms with E-state index < -0.39 is 0 Å². The summed E-state index contributed by atoms with van der Waals surface area (Å²) in [7, 11) is 0. The molecule has 0 radical (unpaired) electrons. The van der Waals surface area contributed by atoms with Gasteiger partial charge in [0.15, 0.2) is 12.1 Å². The van der Waals surface area contributed by atoms with Crippen molar-refractivity contribution in [1.29, 1.82) is 0 Å². The van der Waals surface area contributed by atoms with Gasteiger partial charge >= 0.3 is 0 Å². The molecule has 0 spiro atoms. The van der Waals surface area contributed by atoms with Crippen molar-refractivity contribution in [1.82, 2.24) is 0 Å². The first-order chi connectivity index (χ1) is 12.2. The molecule has 1 aliphatic carbocycles. The van der Waals surface area contributed by atoms with Crippen LogP contribution in [0.4, 0.5) is 0 Å². The summed E-state index contributed by atoms with van der Waals surface area (Å²) >= 11 is 0. The summed E-state index contributed by atoms with van der Waals surface area (Å²) in [6, 6.07) is 0. The molecule has 2 rings (SSSR count). The first-order valence-corrected chi connectivity index (χ1v) is 9.14. The van der Waals surface area contributed by atoms with Crippen LogP contribution < -0.4 is 0 Å². The lowest BCUT2D eigenvalue weighted by atomic mass is 9.82. The number of carbonyl (C=O) groups is 1. The zero-order chi connectivity index (χ0) is 18.1. The highest BCUT2D eigenvalue weighted by Gasteiger charge is 2.31. The Labute approximate surface area is 149 Å². The van der Waals surface area contributed by atoms with E-state index in [2.05, 4.69) is 11.7 Å². The predicted octanol–water partition coefficient (Wildman–Crippen LogP) is 3.68. The number of oxime groups is 1. The fourth-order valence-corrected chi connectivity index (χ4v) is 3.20. The molecule has 1 unspecified atom stereocenters. The molecule has 0 bridgehead atoms. The maximum Gasteiger partial charge on any atom is 0.168 e. The van der Waals surface area contributed by atoms with Crippen LogP contribution in [0.3, 0.4) is 0 Å². The average molecular weight is 351 g/mol. The lowest BCUT2D eigenvalue weighted by Gasteiger charge is -2.27. The molecule has 140 valence electrons. The molecule has 1 fully saturated rings. The van der Waals surface area contributed by atoms with Crippen LogP contribution in [0.15, 0.2) is 29.1 Å². The van der Waals surface area contributed by atoms with E-state index in [4.69, 9.17) is 14.3 Å². The van der Waals surface area contributed by atoms with Crippen LogP contribution >= 0.6 is 0 Å². The molecule has 0 saturated carbocycles. The topological polar surface area (TPSA) is 77.3 Å². The number of ether oxygens (including phenoxy) is 2. The number of hydrogen-bond donors (Lipinski definition) is 1. The normalized spacial score (nSPS) is 23.0. The summed E-state index contributed by atoms with van der Waals surface area (Å²) in [5, 5.41) is 14.5. The van der Waals surface area contributed by atoms with E-state index >= 15 is 0 Å². The zero-order valence-electron chi connectivity index (χ0n) is 15.0. The monoisotopic (exact) mass is 351 g/mol. The molecule has 0 aromatic carbocycles. The summed E-state index contributed by atoms with van der Waals surface area (Å²) in [6.45, 7) is 7.30. The van der Waals surface area contributed by atoms with Crippen LogP contribution in [0.25, 0.3) is 0 Å². The standard InChI is InChI=1S/C19H29NO5/c1-3-6-15(20-25-9-4-2)19-16(21)12-14(13-17(19)22)7-8-18-23-10-5-11-24-18/h4,14,18,21H,2-3,5-13H2,1H3. The molecule has 0 aromatic rings. The quantitative estimate of drug-likeness (QED) is 0.297. The van der Waals surface area contributed by atoms with Gasteiger partial charge < -0.3 is 19.4 Å². The molecule has 1 saturated heterocycles. The smallest absolute Gasteiger partial charge is 0.168 e. The molecule has 1 aliphatic heterocycles. The fraction of sp³-hybridized carbons (Fsp3) is 0.684. The third-order valence-corrected chi connectivity index (χ3v) is 4.37. The predicted molar refractivity (Wildman–Crippen MR) is 95.4 cm³/mol. The minimum absolute atomic E-state index is 0.0615. The minimum Gasteiger partial charge on any atom is -0.511 e. The Morgan fingerprint density at radius 3 is 2.76 bits per heavy atom. The molecule has 1 N–H and O–H groups in total. The summed E-state index contributed by atoms with van der Waals surface area (Å²) in [5.74, 6) is 0.178. The number of rotatable bonds is 9. The van der Waals surface area contributed by atoms with Crippen molar-refractivity contribution in [3.8, 4) is 0 Å². The van der Waals surface area contributed by atoms with E-state index in [0.717, 1.165) is 38.9 Å². The number of Topliss-reactive ketones (excluding diaryl/α,β-unsaturated/α-hetero) is 1. The Hall–Kier alpha value is -1.66.